The Balaban J connectivity index is 1.97. The first-order valence-corrected chi connectivity index (χ1v) is 8.24. The van der Waals surface area contributed by atoms with Crippen LogP contribution < -0.4 is 5.32 Å². The van der Waals surface area contributed by atoms with E-state index in [1.807, 2.05) is 0 Å². The predicted molar refractivity (Wildman–Crippen MR) is 83.6 cm³/mol. The third-order valence-electron chi connectivity index (χ3n) is 3.66. The Morgan fingerprint density at radius 1 is 1.29 bits per heavy atom. The molecular weight excluding hydrogens is 270 g/mol. The summed E-state index contributed by atoms with van der Waals surface area (Å²) >= 11 is 0. The molecule has 0 radical (unpaired) electrons. The zero-order valence-corrected chi connectivity index (χ0v) is 13.9. The van der Waals surface area contributed by atoms with E-state index in [0.29, 0.717) is 32.4 Å². The van der Waals surface area contributed by atoms with E-state index in [4.69, 9.17) is 14.2 Å². The summed E-state index contributed by atoms with van der Waals surface area (Å²) in [6, 6.07) is 0.417. The molecule has 21 heavy (non-hydrogen) atoms. The highest BCUT2D eigenvalue weighted by molar-refractivity contribution is 4.83. The second-order valence-electron chi connectivity index (χ2n) is 6.40. The molecule has 0 aliphatic carbocycles. The lowest BCUT2D eigenvalue weighted by atomic mass is 9.94. The lowest BCUT2D eigenvalue weighted by molar-refractivity contribution is -0.0649. The molecule has 0 spiro atoms. The van der Waals surface area contributed by atoms with Crippen molar-refractivity contribution in [3.63, 3.8) is 0 Å². The first-order valence-electron chi connectivity index (χ1n) is 8.24. The van der Waals surface area contributed by atoms with Gasteiger partial charge in [0.05, 0.1) is 31.5 Å². The topological polar surface area (TPSA) is 60.0 Å². The van der Waals surface area contributed by atoms with E-state index in [1.165, 1.54) is 0 Å². The SMILES string of the molecule is CCCCOCCOCC(O)CNC1CCOC(C)(C)C1. The van der Waals surface area contributed by atoms with Gasteiger partial charge in [0, 0.05) is 25.8 Å². The number of nitrogens with one attached hydrogen (secondary N) is 1. The van der Waals surface area contributed by atoms with Gasteiger partial charge in [0.2, 0.25) is 0 Å². The highest BCUT2D eigenvalue weighted by Crippen LogP contribution is 2.23. The summed E-state index contributed by atoms with van der Waals surface area (Å²) in [5.41, 5.74) is -0.0623. The van der Waals surface area contributed by atoms with Gasteiger partial charge in [-0.2, -0.15) is 0 Å². The zero-order valence-electron chi connectivity index (χ0n) is 13.9. The van der Waals surface area contributed by atoms with Crippen LogP contribution in [0.15, 0.2) is 0 Å². The summed E-state index contributed by atoms with van der Waals surface area (Å²) < 4.78 is 16.5. The number of hydrogen-bond acceptors (Lipinski definition) is 5. The standard InChI is InChI=1S/C16H33NO4/c1-4-5-7-19-9-10-20-13-15(18)12-17-14-6-8-21-16(2,3)11-14/h14-15,17-18H,4-13H2,1-3H3. The molecule has 1 aliphatic rings. The molecule has 1 heterocycles. The number of rotatable bonds is 11. The molecule has 0 bridgehead atoms. The Hall–Kier alpha value is -0.200. The largest absolute Gasteiger partial charge is 0.389 e. The Morgan fingerprint density at radius 2 is 2.05 bits per heavy atom. The van der Waals surface area contributed by atoms with Crippen LogP contribution in [0.1, 0.15) is 46.5 Å². The van der Waals surface area contributed by atoms with E-state index >= 15 is 0 Å². The third kappa shape index (κ3) is 9.42. The molecule has 1 aliphatic heterocycles. The maximum atomic E-state index is 9.89. The van der Waals surface area contributed by atoms with Gasteiger partial charge >= 0.3 is 0 Å². The van der Waals surface area contributed by atoms with Gasteiger partial charge in [0.25, 0.3) is 0 Å². The normalized spacial score (nSPS) is 23.1. The van der Waals surface area contributed by atoms with E-state index < -0.39 is 6.10 Å². The Kier molecular flexibility index (Phi) is 9.44. The molecule has 5 heteroatoms. The summed E-state index contributed by atoms with van der Waals surface area (Å²) in [5, 5.41) is 13.3. The minimum Gasteiger partial charge on any atom is -0.389 e. The minimum absolute atomic E-state index is 0.0623. The molecule has 1 saturated heterocycles. The first kappa shape index (κ1) is 18.8. The van der Waals surface area contributed by atoms with Crippen LogP contribution in [-0.4, -0.2) is 62.4 Å². The van der Waals surface area contributed by atoms with E-state index in [1.54, 1.807) is 0 Å². The molecule has 2 atom stereocenters. The maximum Gasteiger partial charge on any atom is 0.0897 e. The maximum absolute atomic E-state index is 9.89. The third-order valence-corrected chi connectivity index (χ3v) is 3.66. The van der Waals surface area contributed by atoms with E-state index in [9.17, 15) is 5.11 Å². The number of unbranched alkanes of at least 4 members (excludes halogenated alkanes) is 1. The molecular formula is C16H33NO4. The van der Waals surface area contributed by atoms with Crippen LogP contribution in [0.5, 0.6) is 0 Å². The number of hydrogen-bond donors (Lipinski definition) is 2. The summed E-state index contributed by atoms with van der Waals surface area (Å²) in [5.74, 6) is 0. The van der Waals surface area contributed by atoms with Gasteiger partial charge in [0.15, 0.2) is 0 Å². The first-order chi connectivity index (χ1) is 10.0. The lowest BCUT2D eigenvalue weighted by Gasteiger charge is -2.36. The van der Waals surface area contributed by atoms with Crippen molar-refractivity contribution < 1.29 is 19.3 Å². The molecule has 126 valence electrons. The summed E-state index contributed by atoms with van der Waals surface area (Å²) in [6.45, 7) is 10.0. The highest BCUT2D eigenvalue weighted by Gasteiger charge is 2.28. The number of aliphatic hydroxyl groups excluding tert-OH is 1. The van der Waals surface area contributed by atoms with E-state index in [-0.39, 0.29) is 5.60 Å². The monoisotopic (exact) mass is 303 g/mol. The van der Waals surface area contributed by atoms with Gasteiger partial charge in [-0.3, -0.25) is 0 Å². The molecule has 0 aromatic heterocycles. The van der Waals surface area contributed by atoms with E-state index in [2.05, 4.69) is 26.1 Å². The minimum atomic E-state index is -0.466. The highest BCUT2D eigenvalue weighted by atomic mass is 16.5. The number of aliphatic hydroxyl groups is 1. The van der Waals surface area contributed by atoms with Crippen LogP contribution in [0.25, 0.3) is 0 Å². The fourth-order valence-corrected chi connectivity index (χ4v) is 2.45. The van der Waals surface area contributed by atoms with Crippen LogP contribution in [0.2, 0.25) is 0 Å². The van der Waals surface area contributed by atoms with Gasteiger partial charge in [-0.05, 0) is 33.1 Å². The van der Waals surface area contributed by atoms with Crippen molar-refractivity contribution in [1.82, 2.24) is 5.32 Å². The molecule has 5 nitrogen and oxygen atoms in total. The average molecular weight is 303 g/mol. The van der Waals surface area contributed by atoms with Crippen molar-refractivity contribution in [2.45, 2.75) is 64.2 Å². The van der Waals surface area contributed by atoms with Gasteiger partial charge in [-0.1, -0.05) is 13.3 Å². The van der Waals surface area contributed by atoms with Crippen molar-refractivity contribution in [2.24, 2.45) is 0 Å². The second-order valence-corrected chi connectivity index (χ2v) is 6.40. The van der Waals surface area contributed by atoms with Gasteiger partial charge in [-0.25, -0.2) is 0 Å². The molecule has 1 rings (SSSR count). The molecule has 0 saturated carbocycles. The molecule has 0 amide bonds. The Morgan fingerprint density at radius 3 is 2.76 bits per heavy atom. The predicted octanol–water partition coefficient (Wildman–Crippen LogP) is 1.73. The summed E-state index contributed by atoms with van der Waals surface area (Å²) in [7, 11) is 0. The molecule has 0 aromatic rings. The smallest absolute Gasteiger partial charge is 0.0897 e. The summed E-state index contributed by atoms with van der Waals surface area (Å²) in [6.07, 6.45) is 3.75. The van der Waals surface area contributed by atoms with Crippen molar-refractivity contribution in [2.75, 3.05) is 39.6 Å². The fourth-order valence-electron chi connectivity index (χ4n) is 2.45. The van der Waals surface area contributed by atoms with Crippen molar-refractivity contribution in [3.05, 3.63) is 0 Å². The zero-order chi connectivity index (χ0) is 15.6. The molecule has 1 fully saturated rings. The molecule has 2 unspecified atom stereocenters. The quantitative estimate of drug-likeness (QED) is 0.569. The Labute approximate surface area is 129 Å². The fraction of sp³-hybridized carbons (Fsp3) is 1.00. The number of ether oxygens (including phenoxy) is 3. The Bertz CT molecular complexity index is 261. The molecule has 0 aromatic carbocycles. The van der Waals surface area contributed by atoms with Gasteiger partial charge in [0.1, 0.15) is 0 Å². The van der Waals surface area contributed by atoms with Crippen LogP contribution in [0.4, 0.5) is 0 Å². The van der Waals surface area contributed by atoms with Crippen LogP contribution >= 0.6 is 0 Å². The van der Waals surface area contributed by atoms with Crippen LogP contribution in [-0.2, 0) is 14.2 Å². The van der Waals surface area contributed by atoms with Crippen molar-refractivity contribution >= 4 is 0 Å². The van der Waals surface area contributed by atoms with Crippen LogP contribution in [0.3, 0.4) is 0 Å². The summed E-state index contributed by atoms with van der Waals surface area (Å²) in [4.78, 5) is 0. The average Bonchev–Trinajstić information content (AvgIpc) is 2.43. The van der Waals surface area contributed by atoms with Gasteiger partial charge in [-0.15, -0.1) is 0 Å². The van der Waals surface area contributed by atoms with Crippen LogP contribution in [0, 0.1) is 0 Å². The lowest BCUT2D eigenvalue weighted by Crippen LogP contribution is -2.46. The second kappa shape index (κ2) is 10.5. The van der Waals surface area contributed by atoms with Crippen molar-refractivity contribution in [3.8, 4) is 0 Å². The van der Waals surface area contributed by atoms with Gasteiger partial charge < -0.3 is 24.6 Å². The molecule has 2 N–H and O–H groups in total. The van der Waals surface area contributed by atoms with Crippen molar-refractivity contribution in [1.29, 1.82) is 0 Å². The van der Waals surface area contributed by atoms with E-state index in [0.717, 1.165) is 38.9 Å².